The van der Waals surface area contributed by atoms with E-state index in [9.17, 15) is 4.79 Å². The molecule has 0 spiro atoms. The fraction of sp³-hybridized carbons (Fsp3) is 0.105. The molecule has 1 heterocycles. The van der Waals surface area contributed by atoms with E-state index in [0.717, 1.165) is 28.0 Å². The van der Waals surface area contributed by atoms with Crippen LogP contribution in [0.1, 0.15) is 23.6 Å². The molecule has 0 aromatic heterocycles. The highest BCUT2D eigenvalue weighted by atomic mass is 35.5. The minimum atomic E-state index is -0.0505. The Hall–Kier alpha value is -2.32. The number of fused-ring (bicyclic) bond motifs is 1. The van der Waals surface area contributed by atoms with Crippen molar-refractivity contribution in [3.05, 3.63) is 76.0 Å². The number of ether oxygens (including phenoxy) is 1. The van der Waals surface area contributed by atoms with Crippen LogP contribution in [-0.2, 0) is 4.79 Å². The van der Waals surface area contributed by atoms with Gasteiger partial charge in [0.1, 0.15) is 11.5 Å². The van der Waals surface area contributed by atoms with E-state index in [0.29, 0.717) is 10.8 Å². The van der Waals surface area contributed by atoms with Crippen molar-refractivity contribution in [3.8, 4) is 5.75 Å². The van der Waals surface area contributed by atoms with E-state index in [2.05, 4.69) is 6.07 Å². The zero-order valence-corrected chi connectivity index (χ0v) is 13.1. The van der Waals surface area contributed by atoms with Gasteiger partial charge in [-0.25, -0.2) is 0 Å². The largest absolute Gasteiger partial charge is 0.456 e. The van der Waals surface area contributed by atoms with Crippen LogP contribution in [0.4, 0.5) is 0 Å². The molecule has 0 saturated heterocycles. The first-order chi connectivity index (χ1) is 10.5. The first-order valence-corrected chi connectivity index (χ1v) is 7.39. The molecule has 2 nitrogen and oxygen atoms in total. The van der Waals surface area contributed by atoms with Crippen LogP contribution in [0.2, 0.25) is 5.02 Å². The Kier molecular flexibility index (Phi) is 3.86. The van der Waals surface area contributed by atoms with Crippen LogP contribution < -0.4 is 4.74 Å². The predicted octanol–water partition coefficient (Wildman–Crippen LogP) is 5.05. The lowest BCUT2D eigenvalue weighted by atomic mass is 9.97. The van der Waals surface area contributed by atoms with E-state index in [1.165, 1.54) is 13.0 Å². The number of ketones is 1. The number of halogens is 1. The monoisotopic (exact) mass is 310 g/mol. The molecule has 110 valence electrons. The summed E-state index contributed by atoms with van der Waals surface area (Å²) in [7, 11) is 0. The van der Waals surface area contributed by atoms with Gasteiger partial charge in [0.05, 0.1) is 0 Å². The summed E-state index contributed by atoms with van der Waals surface area (Å²) >= 11 is 5.95. The Morgan fingerprint density at radius 2 is 1.86 bits per heavy atom. The third-order valence-corrected chi connectivity index (χ3v) is 3.69. The van der Waals surface area contributed by atoms with Crippen molar-refractivity contribution in [2.24, 2.45) is 0 Å². The number of carbonyl (C=O) groups is 1. The number of benzene rings is 2. The van der Waals surface area contributed by atoms with Crippen LogP contribution >= 0.6 is 11.6 Å². The SMILES string of the molecule is CC(=O)/C=C1\Oc2ccc(C)cc2C=C1c1ccc(Cl)cc1. The Labute approximate surface area is 134 Å². The minimum Gasteiger partial charge on any atom is -0.456 e. The molecule has 0 unspecified atom stereocenters. The summed E-state index contributed by atoms with van der Waals surface area (Å²) in [5.74, 6) is 1.27. The van der Waals surface area contributed by atoms with Gasteiger partial charge in [-0.05, 0) is 49.8 Å². The van der Waals surface area contributed by atoms with Gasteiger partial charge in [-0.15, -0.1) is 0 Å². The number of rotatable bonds is 2. The zero-order valence-electron chi connectivity index (χ0n) is 12.4. The molecular formula is C19H15ClO2. The van der Waals surface area contributed by atoms with Gasteiger partial charge in [0.15, 0.2) is 5.78 Å². The fourth-order valence-corrected chi connectivity index (χ4v) is 2.55. The minimum absolute atomic E-state index is 0.0505. The summed E-state index contributed by atoms with van der Waals surface area (Å²) in [4.78, 5) is 11.5. The lowest BCUT2D eigenvalue weighted by Gasteiger charge is -2.21. The van der Waals surface area contributed by atoms with Gasteiger partial charge in [0.2, 0.25) is 0 Å². The molecule has 2 aromatic rings. The number of hydrogen-bond acceptors (Lipinski definition) is 2. The van der Waals surface area contributed by atoms with E-state index in [1.54, 1.807) is 0 Å². The van der Waals surface area contributed by atoms with Crippen molar-refractivity contribution in [1.29, 1.82) is 0 Å². The number of aryl methyl sites for hydroxylation is 1. The smallest absolute Gasteiger partial charge is 0.156 e. The van der Waals surface area contributed by atoms with Crippen molar-refractivity contribution in [2.45, 2.75) is 13.8 Å². The fourth-order valence-electron chi connectivity index (χ4n) is 2.42. The first kappa shape index (κ1) is 14.6. The van der Waals surface area contributed by atoms with Gasteiger partial charge in [-0.1, -0.05) is 35.4 Å². The summed E-state index contributed by atoms with van der Waals surface area (Å²) in [5.41, 5.74) is 4.01. The maximum absolute atomic E-state index is 11.5. The second kappa shape index (κ2) is 5.82. The number of hydrogen-bond donors (Lipinski definition) is 0. The highest BCUT2D eigenvalue weighted by molar-refractivity contribution is 6.30. The molecule has 0 amide bonds. The predicted molar refractivity (Wildman–Crippen MR) is 89.9 cm³/mol. The van der Waals surface area contributed by atoms with E-state index >= 15 is 0 Å². The third kappa shape index (κ3) is 2.97. The van der Waals surface area contributed by atoms with Gasteiger partial charge < -0.3 is 4.74 Å². The second-order valence-corrected chi connectivity index (χ2v) is 5.76. The topological polar surface area (TPSA) is 26.3 Å². The van der Waals surface area contributed by atoms with Gasteiger partial charge >= 0.3 is 0 Å². The van der Waals surface area contributed by atoms with Crippen molar-refractivity contribution in [1.82, 2.24) is 0 Å². The molecule has 0 fully saturated rings. The Balaban J connectivity index is 2.16. The van der Waals surface area contributed by atoms with E-state index in [4.69, 9.17) is 16.3 Å². The Bertz CT molecular complexity index is 799. The molecule has 22 heavy (non-hydrogen) atoms. The standard InChI is InChI=1S/C19H15ClO2/c1-12-3-8-18-15(9-12)11-17(19(22-18)10-13(2)21)14-4-6-16(20)7-5-14/h3-11H,1-2H3/b19-10-. The lowest BCUT2D eigenvalue weighted by molar-refractivity contribution is -0.112. The number of allylic oxidation sites excluding steroid dienone is 2. The van der Waals surface area contributed by atoms with Crippen molar-refractivity contribution >= 4 is 29.0 Å². The lowest BCUT2D eigenvalue weighted by Crippen LogP contribution is -2.07. The summed E-state index contributed by atoms with van der Waals surface area (Å²) in [6.07, 6.45) is 3.56. The zero-order chi connectivity index (χ0) is 15.7. The van der Waals surface area contributed by atoms with Crippen LogP contribution in [0.5, 0.6) is 5.75 Å². The molecule has 3 heteroatoms. The molecule has 1 aliphatic heterocycles. The maximum Gasteiger partial charge on any atom is 0.156 e. The van der Waals surface area contributed by atoms with Crippen LogP contribution in [-0.4, -0.2) is 5.78 Å². The van der Waals surface area contributed by atoms with Crippen LogP contribution in [0.15, 0.2) is 54.3 Å². The molecule has 0 N–H and O–H groups in total. The third-order valence-electron chi connectivity index (χ3n) is 3.44. The molecule has 0 bridgehead atoms. The van der Waals surface area contributed by atoms with Gasteiger partial charge in [0, 0.05) is 22.2 Å². The summed E-state index contributed by atoms with van der Waals surface area (Å²) in [6, 6.07) is 13.5. The molecule has 0 radical (unpaired) electrons. The molecule has 0 saturated carbocycles. The average Bonchev–Trinajstić information content (AvgIpc) is 2.47. The van der Waals surface area contributed by atoms with E-state index < -0.39 is 0 Å². The van der Waals surface area contributed by atoms with Crippen molar-refractivity contribution < 1.29 is 9.53 Å². The van der Waals surface area contributed by atoms with Crippen LogP contribution in [0.3, 0.4) is 0 Å². The highest BCUT2D eigenvalue weighted by Crippen LogP contribution is 2.37. The summed E-state index contributed by atoms with van der Waals surface area (Å²) in [5, 5.41) is 0.675. The van der Waals surface area contributed by atoms with Crippen LogP contribution in [0, 0.1) is 6.92 Å². The highest BCUT2D eigenvalue weighted by Gasteiger charge is 2.19. The molecule has 0 aliphatic carbocycles. The Morgan fingerprint density at radius 3 is 2.55 bits per heavy atom. The van der Waals surface area contributed by atoms with Crippen LogP contribution in [0.25, 0.3) is 11.6 Å². The number of carbonyl (C=O) groups excluding carboxylic acids is 1. The molecule has 1 aliphatic rings. The molecule has 3 rings (SSSR count). The second-order valence-electron chi connectivity index (χ2n) is 5.33. The van der Waals surface area contributed by atoms with E-state index in [-0.39, 0.29) is 5.78 Å². The quantitative estimate of drug-likeness (QED) is 0.725. The van der Waals surface area contributed by atoms with Gasteiger partial charge in [-0.2, -0.15) is 0 Å². The first-order valence-electron chi connectivity index (χ1n) is 7.02. The van der Waals surface area contributed by atoms with Gasteiger partial charge in [0.25, 0.3) is 0 Å². The normalized spacial score (nSPS) is 15.0. The van der Waals surface area contributed by atoms with Crippen molar-refractivity contribution in [2.75, 3.05) is 0 Å². The maximum atomic E-state index is 11.5. The summed E-state index contributed by atoms with van der Waals surface area (Å²) in [6.45, 7) is 3.55. The van der Waals surface area contributed by atoms with Gasteiger partial charge in [-0.3, -0.25) is 4.79 Å². The molecular weight excluding hydrogens is 296 g/mol. The van der Waals surface area contributed by atoms with E-state index in [1.807, 2.05) is 49.4 Å². The van der Waals surface area contributed by atoms with Crippen molar-refractivity contribution in [3.63, 3.8) is 0 Å². The molecule has 2 aromatic carbocycles. The molecule has 0 atom stereocenters. The average molecular weight is 311 g/mol. The Morgan fingerprint density at radius 1 is 1.14 bits per heavy atom. The summed E-state index contributed by atoms with van der Waals surface area (Å²) < 4.78 is 5.93.